The number of thiazole rings is 1. The van der Waals surface area contributed by atoms with E-state index < -0.39 is 17.5 Å². The number of hydrogen-bond acceptors (Lipinski definition) is 3. The zero-order valence-electron chi connectivity index (χ0n) is 11.5. The zero-order valence-corrected chi connectivity index (χ0v) is 13.9. The number of halogens is 3. The minimum atomic E-state index is -1.06. The fourth-order valence-corrected chi connectivity index (χ4v) is 2.87. The van der Waals surface area contributed by atoms with Crippen LogP contribution in [0, 0.1) is 11.6 Å². The first-order valence-electron chi connectivity index (χ1n) is 6.51. The monoisotopic (exact) mass is 394 g/mol. The van der Waals surface area contributed by atoms with E-state index in [4.69, 9.17) is 0 Å². The smallest absolute Gasteiger partial charge is 0.257 e. The summed E-state index contributed by atoms with van der Waals surface area (Å²) in [4.78, 5) is 16.3. The maximum Gasteiger partial charge on any atom is 0.257 e. The summed E-state index contributed by atoms with van der Waals surface area (Å²) in [6.45, 7) is 0. The van der Waals surface area contributed by atoms with Gasteiger partial charge in [0.2, 0.25) is 0 Å². The summed E-state index contributed by atoms with van der Waals surface area (Å²) in [5.41, 5.74) is 1.67. The number of amides is 1. The molecule has 0 aliphatic rings. The van der Waals surface area contributed by atoms with Gasteiger partial charge in [-0.25, -0.2) is 13.8 Å². The molecule has 7 heteroatoms. The van der Waals surface area contributed by atoms with Crippen molar-refractivity contribution in [1.29, 1.82) is 0 Å². The average molecular weight is 395 g/mol. The highest BCUT2D eigenvalue weighted by Crippen LogP contribution is 2.26. The Labute approximate surface area is 143 Å². The predicted molar refractivity (Wildman–Crippen MR) is 89.6 cm³/mol. The van der Waals surface area contributed by atoms with Crippen molar-refractivity contribution in [3.63, 3.8) is 0 Å². The largest absolute Gasteiger partial charge is 0.298 e. The van der Waals surface area contributed by atoms with E-state index in [1.54, 1.807) is 0 Å². The highest BCUT2D eigenvalue weighted by molar-refractivity contribution is 9.10. The molecule has 0 radical (unpaired) electrons. The minimum Gasteiger partial charge on any atom is -0.298 e. The van der Waals surface area contributed by atoms with Crippen molar-refractivity contribution in [1.82, 2.24) is 4.98 Å². The van der Waals surface area contributed by atoms with Crippen molar-refractivity contribution < 1.29 is 13.6 Å². The minimum absolute atomic E-state index is 0.0318. The second-order valence-corrected chi connectivity index (χ2v) is 6.40. The predicted octanol–water partition coefficient (Wildman–Crippen LogP) is 5.10. The lowest BCUT2D eigenvalue weighted by molar-refractivity contribution is 0.102. The molecule has 23 heavy (non-hydrogen) atoms. The molecule has 3 nitrogen and oxygen atoms in total. The summed E-state index contributed by atoms with van der Waals surface area (Å²) in [6, 6.07) is 10.6. The highest BCUT2D eigenvalue weighted by atomic mass is 79.9. The third kappa shape index (κ3) is 3.62. The zero-order chi connectivity index (χ0) is 16.4. The van der Waals surface area contributed by atoms with Gasteiger partial charge in [0.05, 0.1) is 5.69 Å². The van der Waals surface area contributed by atoms with E-state index in [0.29, 0.717) is 5.13 Å². The molecule has 116 valence electrons. The molecule has 0 fully saturated rings. The van der Waals surface area contributed by atoms with E-state index in [9.17, 15) is 13.6 Å². The second kappa shape index (κ2) is 6.55. The molecule has 1 N–H and O–H groups in total. The van der Waals surface area contributed by atoms with E-state index in [2.05, 4.69) is 26.2 Å². The molecular formula is C16H9BrF2N2OS. The Hall–Kier alpha value is -2.12. The molecular weight excluding hydrogens is 386 g/mol. The van der Waals surface area contributed by atoms with Crippen LogP contribution in [0.4, 0.5) is 13.9 Å². The fourth-order valence-electron chi connectivity index (χ4n) is 1.89. The number of benzene rings is 2. The molecule has 1 heterocycles. The van der Waals surface area contributed by atoms with Gasteiger partial charge in [-0.05, 0) is 30.3 Å². The van der Waals surface area contributed by atoms with Crippen molar-refractivity contribution in [2.45, 2.75) is 0 Å². The van der Waals surface area contributed by atoms with Gasteiger partial charge >= 0.3 is 0 Å². The van der Waals surface area contributed by atoms with Crippen LogP contribution in [0.2, 0.25) is 0 Å². The summed E-state index contributed by atoms with van der Waals surface area (Å²) in [7, 11) is 0. The van der Waals surface area contributed by atoms with Crippen LogP contribution < -0.4 is 5.32 Å². The summed E-state index contributed by atoms with van der Waals surface area (Å²) < 4.78 is 27.0. The molecule has 3 rings (SSSR count). The van der Waals surface area contributed by atoms with E-state index in [1.807, 2.05) is 29.6 Å². The Kier molecular flexibility index (Phi) is 4.49. The lowest BCUT2D eigenvalue weighted by Gasteiger charge is -2.02. The van der Waals surface area contributed by atoms with Gasteiger partial charge in [0, 0.05) is 21.0 Å². The Morgan fingerprint density at radius 1 is 1.09 bits per heavy atom. The summed E-state index contributed by atoms with van der Waals surface area (Å²) in [5.74, 6) is -2.60. The number of hydrogen-bond donors (Lipinski definition) is 1. The third-order valence-electron chi connectivity index (χ3n) is 3.05. The van der Waals surface area contributed by atoms with Gasteiger partial charge in [0.15, 0.2) is 16.8 Å². The Bertz CT molecular complexity index is 865. The number of aromatic nitrogens is 1. The quantitative estimate of drug-likeness (QED) is 0.670. The average Bonchev–Trinajstić information content (AvgIpc) is 2.99. The molecule has 1 amide bonds. The molecule has 0 unspecified atom stereocenters. The summed E-state index contributed by atoms with van der Waals surface area (Å²) in [5, 5.41) is 4.77. The molecule has 2 aromatic carbocycles. The van der Waals surface area contributed by atoms with Gasteiger partial charge in [-0.15, -0.1) is 11.3 Å². The van der Waals surface area contributed by atoms with Crippen LogP contribution in [0.25, 0.3) is 11.3 Å². The molecule has 0 saturated carbocycles. The topological polar surface area (TPSA) is 42.0 Å². The number of nitrogens with one attached hydrogen (secondary N) is 1. The van der Waals surface area contributed by atoms with Crippen molar-refractivity contribution in [3.8, 4) is 11.3 Å². The molecule has 0 aliphatic heterocycles. The van der Waals surface area contributed by atoms with Crippen LogP contribution in [-0.2, 0) is 0 Å². The molecule has 0 spiro atoms. The van der Waals surface area contributed by atoms with E-state index in [1.165, 1.54) is 17.4 Å². The third-order valence-corrected chi connectivity index (χ3v) is 4.33. The van der Waals surface area contributed by atoms with Crippen LogP contribution in [0.1, 0.15) is 10.4 Å². The SMILES string of the molecule is O=C(Nc1nc(-c2ccc(Br)cc2)cs1)c1ccc(F)c(F)c1. The van der Waals surface area contributed by atoms with Crippen LogP contribution in [0.3, 0.4) is 0 Å². The summed E-state index contributed by atoms with van der Waals surface area (Å²) >= 11 is 4.62. The molecule has 0 saturated heterocycles. The first-order chi connectivity index (χ1) is 11.0. The van der Waals surface area contributed by atoms with Gasteiger partial charge in [-0.3, -0.25) is 10.1 Å². The molecule has 3 aromatic rings. The maximum absolute atomic E-state index is 13.2. The molecule has 1 aromatic heterocycles. The first kappa shape index (κ1) is 15.8. The fraction of sp³-hybridized carbons (Fsp3) is 0. The van der Waals surface area contributed by atoms with Crippen molar-refractivity contribution in [2.24, 2.45) is 0 Å². The first-order valence-corrected chi connectivity index (χ1v) is 8.18. The van der Waals surface area contributed by atoms with Gasteiger partial charge in [0.25, 0.3) is 5.91 Å². The van der Waals surface area contributed by atoms with Gasteiger partial charge in [0.1, 0.15) is 0 Å². The van der Waals surface area contributed by atoms with Crippen LogP contribution in [-0.4, -0.2) is 10.9 Å². The number of nitrogens with zero attached hydrogens (tertiary/aromatic N) is 1. The number of anilines is 1. The number of carbonyl (C=O) groups is 1. The van der Waals surface area contributed by atoms with Crippen molar-refractivity contribution >= 4 is 38.3 Å². The number of rotatable bonds is 3. The normalized spacial score (nSPS) is 10.6. The molecule has 0 aliphatic carbocycles. The van der Waals surface area contributed by atoms with Gasteiger partial charge < -0.3 is 0 Å². The van der Waals surface area contributed by atoms with Gasteiger partial charge in [-0.2, -0.15) is 0 Å². The summed E-state index contributed by atoms with van der Waals surface area (Å²) in [6.07, 6.45) is 0. The Balaban J connectivity index is 1.77. The molecule has 0 bridgehead atoms. The van der Waals surface area contributed by atoms with Crippen LogP contribution in [0.15, 0.2) is 52.3 Å². The molecule has 0 atom stereocenters. The van der Waals surface area contributed by atoms with Gasteiger partial charge in [-0.1, -0.05) is 28.1 Å². The van der Waals surface area contributed by atoms with Crippen LogP contribution >= 0.6 is 27.3 Å². The van der Waals surface area contributed by atoms with Crippen molar-refractivity contribution in [3.05, 3.63) is 69.5 Å². The highest BCUT2D eigenvalue weighted by Gasteiger charge is 2.12. The Morgan fingerprint density at radius 2 is 1.83 bits per heavy atom. The number of carbonyl (C=O) groups excluding carboxylic acids is 1. The standard InChI is InChI=1S/C16H9BrF2N2OS/c17-11-4-1-9(2-5-11)14-8-23-16(20-14)21-15(22)10-3-6-12(18)13(19)7-10/h1-8H,(H,20,21,22). The lowest BCUT2D eigenvalue weighted by atomic mass is 10.2. The van der Waals surface area contributed by atoms with E-state index >= 15 is 0 Å². The maximum atomic E-state index is 13.2. The van der Waals surface area contributed by atoms with Crippen LogP contribution in [0.5, 0.6) is 0 Å². The van der Waals surface area contributed by atoms with E-state index in [0.717, 1.165) is 27.9 Å². The van der Waals surface area contributed by atoms with Crippen molar-refractivity contribution in [2.75, 3.05) is 5.32 Å². The second-order valence-electron chi connectivity index (χ2n) is 4.63. The Morgan fingerprint density at radius 3 is 2.52 bits per heavy atom. The lowest BCUT2D eigenvalue weighted by Crippen LogP contribution is -2.12. The van der Waals surface area contributed by atoms with E-state index in [-0.39, 0.29) is 5.56 Å².